The number of hydrogen-bond donors (Lipinski definition) is 1. The van der Waals surface area contributed by atoms with Gasteiger partial charge in [0.2, 0.25) is 0 Å². The molecule has 5 heteroatoms. The third kappa shape index (κ3) is 2.97. The highest BCUT2D eigenvalue weighted by Gasteiger charge is 2.14. The van der Waals surface area contributed by atoms with Crippen LogP contribution < -0.4 is 4.74 Å². The molecule has 0 saturated carbocycles. The predicted octanol–water partition coefficient (Wildman–Crippen LogP) is 4.27. The molecule has 1 N–H and O–H groups in total. The number of ether oxygens (including phenoxy) is 1. The number of methoxy groups -OCH3 is 1. The average Bonchev–Trinajstić information content (AvgIpc) is 3.23. The lowest BCUT2D eigenvalue weighted by Crippen LogP contribution is -2.18. The van der Waals surface area contributed by atoms with Gasteiger partial charge in [-0.15, -0.1) is 11.3 Å². The van der Waals surface area contributed by atoms with Crippen LogP contribution in [0.15, 0.2) is 36.4 Å². The topological polar surface area (TPSA) is 45.6 Å². The number of nitrogens with zero attached hydrogens (tertiary/aromatic N) is 2. The summed E-state index contributed by atoms with van der Waals surface area (Å²) >= 11 is 1.62. The molecule has 1 aromatic heterocycles. The number of thiazole rings is 1. The molecule has 0 unspecified atom stereocenters. The lowest BCUT2D eigenvalue weighted by molar-refractivity contribution is 0.331. The molecule has 0 radical (unpaired) electrons. The summed E-state index contributed by atoms with van der Waals surface area (Å²) in [6.45, 7) is 3.41. The van der Waals surface area contributed by atoms with Crippen molar-refractivity contribution < 1.29 is 9.84 Å². The van der Waals surface area contributed by atoms with Crippen LogP contribution in [0.1, 0.15) is 18.4 Å². The molecular formula is C19H20N2O2S. The zero-order valence-corrected chi connectivity index (χ0v) is 14.5. The summed E-state index contributed by atoms with van der Waals surface area (Å²) in [7, 11) is 1.59. The zero-order valence-electron chi connectivity index (χ0n) is 13.7. The van der Waals surface area contributed by atoms with E-state index < -0.39 is 0 Å². The van der Waals surface area contributed by atoms with Gasteiger partial charge < -0.3 is 9.84 Å². The van der Waals surface area contributed by atoms with Crippen molar-refractivity contribution in [2.75, 3.05) is 20.2 Å². The number of hydrogen-bond acceptors (Lipinski definition) is 5. The number of phenols is 1. The van der Waals surface area contributed by atoms with Gasteiger partial charge in [-0.3, -0.25) is 4.90 Å². The van der Waals surface area contributed by atoms with E-state index in [4.69, 9.17) is 4.74 Å². The summed E-state index contributed by atoms with van der Waals surface area (Å²) in [5.74, 6) is 0.843. The van der Waals surface area contributed by atoms with Crippen LogP contribution in [-0.2, 0) is 6.54 Å². The highest BCUT2D eigenvalue weighted by Crippen LogP contribution is 2.37. The summed E-state index contributed by atoms with van der Waals surface area (Å²) in [6.07, 6.45) is 2.62. The van der Waals surface area contributed by atoms with Crippen LogP contribution in [0.25, 0.3) is 20.8 Å². The average molecular weight is 340 g/mol. The second-order valence-corrected chi connectivity index (χ2v) is 7.22. The van der Waals surface area contributed by atoms with Crippen LogP contribution >= 0.6 is 11.3 Å². The third-order valence-electron chi connectivity index (χ3n) is 4.49. The minimum absolute atomic E-state index is 0.200. The molecular weight excluding hydrogens is 320 g/mol. The molecule has 0 aliphatic carbocycles. The van der Waals surface area contributed by atoms with E-state index in [2.05, 4.69) is 28.1 Å². The largest absolute Gasteiger partial charge is 0.507 e. The van der Waals surface area contributed by atoms with Crippen LogP contribution in [0.2, 0.25) is 0 Å². The van der Waals surface area contributed by atoms with E-state index in [0.717, 1.165) is 27.3 Å². The van der Waals surface area contributed by atoms with Gasteiger partial charge in [0.05, 0.1) is 22.9 Å². The Balaban J connectivity index is 1.65. The van der Waals surface area contributed by atoms with E-state index in [1.807, 2.05) is 12.1 Å². The quantitative estimate of drug-likeness (QED) is 0.770. The maximum Gasteiger partial charge on any atom is 0.129 e. The van der Waals surface area contributed by atoms with E-state index in [-0.39, 0.29) is 5.75 Å². The van der Waals surface area contributed by atoms with Gasteiger partial charge in [-0.1, -0.05) is 6.07 Å². The van der Waals surface area contributed by atoms with Gasteiger partial charge in [-0.05, 0) is 55.8 Å². The zero-order chi connectivity index (χ0) is 16.5. The highest BCUT2D eigenvalue weighted by atomic mass is 32.1. The highest BCUT2D eigenvalue weighted by molar-refractivity contribution is 7.21. The summed E-state index contributed by atoms with van der Waals surface area (Å²) in [4.78, 5) is 7.17. The van der Waals surface area contributed by atoms with Crippen molar-refractivity contribution in [2.45, 2.75) is 19.4 Å². The Morgan fingerprint density at radius 1 is 1.17 bits per heavy atom. The Morgan fingerprint density at radius 2 is 2.00 bits per heavy atom. The van der Waals surface area contributed by atoms with Crippen molar-refractivity contribution in [3.63, 3.8) is 0 Å². The molecule has 4 rings (SSSR count). The fraction of sp³-hybridized carbons (Fsp3) is 0.316. The molecule has 0 atom stereocenters. The molecule has 0 spiro atoms. The molecule has 0 bridgehead atoms. The fourth-order valence-corrected chi connectivity index (χ4v) is 4.26. The third-order valence-corrected chi connectivity index (χ3v) is 5.54. The minimum Gasteiger partial charge on any atom is -0.507 e. The Kier molecular flexibility index (Phi) is 4.12. The SMILES string of the molecule is COc1ccc(-c2nc3ccc(CN4CCCC4)cc3s2)c(O)c1. The van der Waals surface area contributed by atoms with Crippen molar-refractivity contribution in [2.24, 2.45) is 0 Å². The Hall–Kier alpha value is -2.11. The molecule has 3 aromatic rings. The first-order chi connectivity index (χ1) is 11.7. The van der Waals surface area contributed by atoms with Gasteiger partial charge in [-0.25, -0.2) is 4.98 Å². The van der Waals surface area contributed by atoms with Crippen molar-refractivity contribution >= 4 is 21.6 Å². The number of fused-ring (bicyclic) bond motifs is 1. The molecule has 0 amide bonds. The summed E-state index contributed by atoms with van der Waals surface area (Å²) < 4.78 is 6.31. The van der Waals surface area contributed by atoms with Crippen molar-refractivity contribution in [1.29, 1.82) is 0 Å². The van der Waals surface area contributed by atoms with E-state index in [1.54, 1.807) is 24.5 Å². The monoisotopic (exact) mass is 340 g/mol. The summed E-state index contributed by atoms with van der Waals surface area (Å²) in [6, 6.07) is 11.8. The number of benzene rings is 2. The van der Waals surface area contributed by atoms with Gasteiger partial charge in [-0.2, -0.15) is 0 Å². The normalized spacial score (nSPS) is 15.2. The Labute approximate surface area is 145 Å². The molecule has 2 heterocycles. The van der Waals surface area contributed by atoms with E-state index >= 15 is 0 Å². The lowest BCUT2D eigenvalue weighted by Gasteiger charge is -2.14. The van der Waals surface area contributed by atoms with Gasteiger partial charge in [0.1, 0.15) is 16.5 Å². The van der Waals surface area contributed by atoms with E-state index in [9.17, 15) is 5.11 Å². The van der Waals surface area contributed by atoms with Crippen molar-refractivity contribution in [3.05, 3.63) is 42.0 Å². The van der Waals surface area contributed by atoms with E-state index in [0.29, 0.717) is 5.75 Å². The minimum atomic E-state index is 0.200. The first-order valence-corrected chi connectivity index (χ1v) is 9.04. The maximum atomic E-state index is 10.2. The van der Waals surface area contributed by atoms with Crippen molar-refractivity contribution in [3.8, 4) is 22.1 Å². The second-order valence-electron chi connectivity index (χ2n) is 6.19. The maximum absolute atomic E-state index is 10.2. The van der Waals surface area contributed by atoms with Crippen LogP contribution in [0.4, 0.5) is 0 Å². The Morgan fingerprint density at radius 3 is 2.75 bits per heavy atom. The number of aromatic hydroxyl groups is 1. The fourth-order valence-electron chi connectivity index (χ4n) is 3.20. The predicted molar refractivity (Wildman–Crippen MR) is 97.8 cm³/mol. The van der Waals surface area contributed by atoms with Crippen LogP contribution in [0.3, 0.4) is 0 Å². The van der Waals surface area contributed by atoms with Crippen molar-refractivity contribution in [1.82, 2.24) is 9.88 Å². The summed E-state index contributed by atoms with van der Waals surface area (Å²) in [5, 5.41) is 11.1. The van der Waals surface area contributed by atoms with Gasteiger partial charge >= 0.3 is 0 Å². The lowest BCUT2D eigenvalue weighted by atomic mass is 10.2. The molecule has 1 aliphatic rings. The molecule has 2 aromatic carbocycles. The first-order valence-electron chi connectivity index (χ1n) is 8.22. The van der Waals surface area contributed by atoms with Crippen LogP contribution in [0, 0.1) is 0 Å². The molecule has 124 valence electrons. The molecule has 24 heavy (non-hydrogen) atoms. The number of likely N-dealkylation sites (tertiary alicyclic amines) is 1. The number of aromatic nitrogens is 1. The molecule has 1 aliphatic heterocycles. The first kappa shape index (κ1) is 15.4. The van der Waals surface area contributed by atoms with Crippen LogP contribution in [-0.4, -0.2) is 35.2 Å². The Bertz CT molecular complexity index is 869. The summed E-state index contributed by atoms with van der Waals surface area (Å²) in [5.41, 5.74) is 3.06. The molecule has 4 nitrogen and oxygen atoms in total. The van der Waals surface area contributed by atoms with Gasteiger partial charge in [0, 0.05) is 12.6 Å². The molecule has 1 saturated heterocycles. The second kappa shape index (κ2) is 6.42. The standard InChI is InChI=1S/C19H20N2O2S/c1-23-14-5-6-15(17(22)11-14)19-20-16-7-4-13(10-18(16)24-19)12-21-8-2-3-9-21/h4-7,10-11,22H,2-3,8-9,12H2,1H3. The van der Waals surface area contributed by atoms with Gasteiger partial charge in [0.15, 0.2) is 0 Å². The number of rotatable bonds is 4. The smallest absolute Gasteiger partial charge is 0.129 e. The van der Waals surface area contributed by atoms with Crippen LogP contribution in [0.5, 0.6) is 11.5 Å². The molecule has 1 fully saturated rings. The van der Waals surface area contributed by atoms with E-state index in [1.165, 1.54) is 31.5 Å². The van der Waals surface area contributed by atoms with Gasteiger partial charge in [0.25, 0.3) is 0 Å². The number of phenolic OH excluding ortho intramolecular Hbond substituents is 1.